The van der Waals surface area contributed by atoms with Crippen LogP contribution in [0.15, 0.2) is 36.4 Å². The first kappa shape index (κ1) is 24.6. The van der Waals surface area contributed by atoms with Gasteiger partial charge in [0.2, 0.25) is 0 Å². The van der Waals surface area contributed by atoms with Gasteiger partial charge in [-0.1, -0.05) is 35.3 Å². The summed E-state index contributed by atoms with van der Waals surface area (Å²) in [6, 6.07) is 12.0. The van der Waals surface area contributed by atoms with Crippen molar-refractivity contribution < 1.29 is 9.53 Å². The van der Waals surface area contributed by atoms with Crippen LogP contribution in [0.1, 0.15) is 78.8 Å². The standard InChI is InChI=1S/C30H36Cl2N2O2/c31-22-4-5-25(26(32)18-22)29(35)33-28-19-30(28)12-6-20(7-13-30)8-14-34-15-9-21(10-16-34)23-2-1-3-27-24(23)11-17-36-27/h1-5,18,20-21,28H,6-17,19H2,(H,33,35). The van der Waals surface area contributed by atoms with Crippen molar-refractivity contribution in [3.05, 3.63) is 63.1 Å². The fourth-order valence-corrected chi connectivity index (χ4v) is 7.51. The molecule has 36 heavy (non-hydrogen) atoms. The van der Waals surface area contributed by atoms with E-state index in [-0.39, 0.29) is 5.91 Å². The number of benzene rings is 2. The van der Waals surface area contributed by atoms with Crippen LogP contribution in [-0.4, -0.2) is 43.1 Å². The summed E-state index contributed by atoms with van der Waals surface area (Å²) in [6.45, 7) is 4.51. The van der Waals surface area contributed by atoms with Gasteiger partial charge in [0.25, 0.3) is 5.91 Å². The van der Waals surface area contributed by atoms with E-state index in [2.05, 4.69) is 28.4 Å². The van der Waals surface area contributed by atoms with Gasteiger partial charge >= 0.3 is 0 Å². The Labute approximate surface area is 224 Å². The van der Waals surface area contributed by atoms with Crippen LogP contribution >= 0.6 is 23.2 Å². The molecule has 1 unspecified atom stereocenters. The third kappa shape index (κ3) is 5.01. The highest BCUT2D eigenvalue weighted by atomic mass is 35.5. The summed E-state index contributed by atoms with van der Waals surface area (Å²) < 4.78 is 5.79. The molecule has 3 fully saturated rings. The second-order valence-corrected chi connectivity index (χ2v) is 12.3. The number of hydrogen-bond acceptors (Lipinski definition) is 3. The number of nitrogens with one attached hydrogen (secondary N) is 1. The molecule has 0 aromatic heterocycles. The van der Waals surface area contributed by atoms with E-state index in [9.17, 15) is 4.79 Å². The average molecular weight is 528 g/mol. The van der Waals surface area contributed by atoms with Crippen LogP contribution in [0.5, 0.6) is 5.75 Å². The lowest BCUT2D eigenvalue weighted by molar-refractivity contribution is 0.0939. The molecule has 2 aromatic carbocycles. The Morgan fingerprint density at radius 3 is 2.67 bits per heavy atom. The lowest BCUT2D eigenvalue weighted by Crippen LogP contribution is -2.35. The number of halogens is 2. The topological polar surface area (TPSA) is 41.6 Å². The zero-order chi connectivity index (χ0) is 24.7. The second kappa shape index (κ2) is 10.2. The number of amides is 1. The Morgan fingerprint density at radius 1 is 1.08 bits per heavy atom. The fraction of sp³-hybridized carbons (Fsp3) is 0.567. The number of carbonyl (C=O) groups excluding carboxylic acids is 1. The minimum Gasteiger partial charge on any atom is -0.493 e. The van der Waals surface area contributed by atoms with Gasteiger partial charge in [-0.15, -0.1) is 0 Å². The Morgan fingerprint density at radius 2 is 1.89 bits per heavy atom. The van der Waals surface area contributed by atoms with Gasteiger partial charge in [0.15, 0.2) is 0 Å². The molecule has 2 aliphatic heterocycles. The minimum absolute atomic E-state index is 0.0722. The van der Waals surface area contributed by atoms with E-state index in [0.29, 0.717) is 33.0 Å². The molecule has 0 radical (unpaired) electrons. The van der Waals surface area contributed by atoms with E-state index in [4.69, 9.17) is 27.9 Å². The Balaban J connectivity index is 0.927. The zero-order valence-electron chi connectivity index (χ0n) is 20.9. The van der Waals surface area contributed by atoms with Crippen LogP contribution in [0.3, 0.4) is 0 Å². The first-order valence-corrected chi connectivity index (χ1v) is 14.5. The molecule has 2 aliphatic carbocycles. The SMILES string of the molecule is O=C(NC1CC12CCC(CCN1CCC(c3cccc4c3CCO4)CC1)CC2)c1ccc(Cl)cc1Cl. The van der Waals surface area contributed by atoms with Crippen molar-refractivity contribution in [2.45, 2.75) is 69.7 Å². The molecule has 2 aromatic rings. The molecule has 1 saturated heterocycles. The van der Waals surface area contributed by atoms with Crippen molar-refractivity contribution in [2.24, 2.45) is 11.3 Å². The van der Waals surface area contributed by atoms with Gasteiger partial charge in [-0.3, -0.25) is 4.79 Å². The van der Waals surface area contributed by atoms with E-state index in [1.807, 2.05) is 0 Å². The molecule has 6 heteroatoms. The first-order chi connectivity index (χ1) is 17.5. The Hall–Kier alpha value is -1.75. The van der Waals surface area contributed by atoms with E-state index in [0.717, 1.165) is 31.1 Å². The quantitative estimate of drug-likeness (QED) is 0.446. The third-order valence-corrected chi connectivity index (χ3v) is 9.98. The van der Waals surface area contributed by atoms with E-state index < -0.39 is 0 Å². The number of piperidine rings is 1. The Kier molecular flexibility index (Phi) is 6.96. The molecule has 2 heterocycles. The molecular weight excluding hydrogens is 491 g/mol. The molecule has 1 atom stereocenters. The lowest BCUT2D eigenvalue weighted by atomic mass is 9.77. The predicted octanol–water partition coefficient (Wildman–Crippen LogP) is 6.88. The van der Waals surface area contributed by atoms with Crippen LogP contribution in [0.25, 0.3) is 0 Å². The van der Waals surface area contributed by atoms with E-state index in [1.54, 1.807) is 23.8 Å². The largest absolute Gasteiger partial charge is 0.493 e. The average Bonchev–Trinajstić information content (AvgIpc) is 3.30. The number of likely N-dealkylation sites (tertiary alicyclic amines) is 1. The second-order valence-electron chi connectivity index (χ2n) is 11.5. The number of rotatable bonds is 6. The maximum Gasteiger partial charge on any atom is 0.253 e. The summed E-state index contributed by atoms with van der Waals surface area (Å²) in [6.07, 6.45) is 11.1. The van der Waals surface area contributed by atoms with Crippen molar-refractivity contribution in [1.29, 1.82) is 0 Å². The van der Waals surface area contributed by atoms with Crippen molar-refractivity contribution in [3.8, 4) is 5.75 Å². The molecule has 192 valence electrons. The molecular formula is C30H36Cl2N2O2. The van der Waals surface area contributed by atoms with Gasteiger partial charge in [-0.2, -0.15) is 0 Å². The molecule has 6 rings (SSSR count). The number of nitrogens with zero attached hydrogens (tertiary/aromatic N) is 1. The third-order valence-electron chi connectivity index (χ3n) is 9.43. The summed E-state index contributed by atoms with van der Waals surface area (Å²) in [7, 11) is 0. The normalized spacial score (nSPS) is 28.1. The lowest BCUT2D eigenvalue weighted by Gasteiger charge is -2.35. The molecule has 2 saturated carbocycles. The maximum atomic E-state index is 12.7. The number of ether oxygens (including phenoxy) is 1. The molecule has 0 bridgehead atoms. The zero-order valence-corrected chi connectivity index (χ0v) is 22.4. The molecule has 4 aliphatic rings. The molecule has 1 amide bonds. The molecule has 4 nitrogen and oxygen atoms in total. The highest BCUT2D eigenvalue weighted by Crippen LogP contribution is 2.57. The number of fused-ring (bicyclic) bond motifs is 1. The summed E-state index contributed by atoms with van der Waals surface area (Å²) in [5.74, 6) is 2.57. The fourth-order valence-electron chi connectivity index (χ4n) is 7.02. The minimum atomic E-state index is -0.0722. The van der Waals surface area contributed by atoms with Crippen LogP contribution < -0.4 is 10.1 Å². The van der Waals surface area contributed by atoms with Crippen molar-refractivity contribution in [2.75, 3.05) is 26.2 Å². The smallest absolute Gasteiger partial charge is 0.253 e. The van der Waals surface area contributed by atoms with Gasteiger partial charge in [0.05, 0.1) is 17.2 Å². The van der Waals surface area contributed by atoms with E-state index >= 15 is 0 Å². The summed E-state index contributed by atoms with van der Waals surface area (Å²) in [5, 5.41) is 4.21. The summed E-state index contributed by atoms with van der Waals surface area (Å²) >= 11 is 12.2. The van der Waals surface area contributed by atoms with Gasteiger partial charge in [-0.05, 0) is 118 Å². The van der Waals surface area contributed by atoms with Crippen LogP contribution in [0, 0.1) is 11.3 Å². The predicted molar refractivity (Wildman–Crippen MR) is 145 cm³/mol. The van der Waals surface area contributed by atoms with Gasteiger partial charge in [0, 0.05) is 23.0 Å². The highest BCUT2D eigenvalue weighted by molar-refractivity contribution is 6.36. The monoisotopic (exact) mass is 526 g/mol. The van der Waals surface area contributed by atoms with E-state index in [1.165, 1.54) is 70.1 Å². The molecule has 1 spiro atoms. The summed E-state index contributed by atoms with van der Waals surface area (Å²) in [4.78, 5) is 15.4. The van der Waals surface area contributed by atoms with Gasteiger partial charge < -0.3 is 15.0 Å². The number of hydrogen-bond donors (Lipinski definition) is 1. The van der Waals surface area contributed by atoms with Crippen molar-refractivity contribution in [1.82, 2.24) is 10.2 Å². The first-order valence-electron chi connectivity index (χ1n) is 13.7. The molecule has 1 N–H and O–H groups in total. The highest BCUT2D eigenvalue weighted by Gasteiger charge is 2.55. The maximum absolute atomic E-state index is 12.7. The van der Waals surface area contributed by atoms with Crippen molar-refractivity contribution in [3.63, 3.8) is 0 Å². The van der Waals surface area contributed by atoms with Crippen LogP contribution in [0.4, 0.5) is 0 Å². The van der Waals surface area contributed by atoms with Crippen LogP contribution in [-0.2, 0) is 6.42 Å². The Bertz CT molecular complexity index is 1120. The summed E-state index contributed by atoms with van der Waals surface area (Å²) in [5.41, 5.74) is 3.86. The van der Waals surface area contributed by atoms with Gasteiger partial charge in [-0.25, -0.2) is 0 Å². The van der Waals surface area contributed by atoms with Gasteiger partial charge in [0.1, 0.15) is 5.75 Å². The van der Waals surface area contributed by atoms with Crippen molar-refractivity contribution >= 4 is 29.1 Å². The number of carbonyl (C=O) groups is 1. The van der Waals surface area contributed by atoms with Crippen LogP contribution in [0.2, 0.25) is 10.0 Å².